The zero-order valence-corrected chi connectivity index (χ0v) is 13.0. The van der Waals surface area contributed by atoms with Crippen molar-refractivity contribution in [2.45, 2.75) is 46.1 Å². The second kappa shape index (κ2) is 6.95. The Morgan fingerprint density at radius 3 is 2.70 bits per heavy atom. The lowest BCUT2D eigenvalue weighted by atomic mass is 10.2. The van der Waals surface area contributed by atoms with Gasteiger partial charge < -0.3 is 15.5 Å². The molecule has 0 aromatic carbocycles. The first-order chi connectivity index (χ1) is 9.60. The molecule has 5 heteroatoms. The van der Waals surface area contributed by atoms with Gasteiger partial charge in [-0.3, -0.25) is 9.79 Å². The van der Waals surface area contributed by atoms with Crippen LogP contribution in [0.4, 0.5) is 0 Å². The lowest BCUT2D eigenvalue weighted by Crippen LogP contribution is -2.45. The Labute approximate surface area is 122 Å². The molecule has 5 nitrogen and oxygen atoms in total. The predicted octanol–water partition coefficient (Wildman–Crippen LogP) is 1.21. The van der Waals surface area contributed by atoms with Crippen LogP contribution in [0.2, 0.25) is 0 Å². The molecule has 1 atom stereocenters. The van der Waals surface area contributed by atoms with E-state index in [1.807, 2.05) is 18.7 Å². The summed E-state index contributed by atoms with van der Waals surface area (Å²) in [5, 5.41) is 6.76. The number of hydrogen-bond acceptors (Lipinski definition) is 2. The zero-order chi connectivity index (χ0) is 14.5. The molecule has 2 N–H and O–H groups in total. The van der Waals surface area contributed by atoms with Gasteiger partial charge in [-0.05, 0) is 32.1 Å². The normalized spacial score (nSPS) is 23.3. The topological polar surface area (TPSA) is 56.7 Å². The molecule has 2 rings (SSSR count). The van der Waals surface area contributed by atoms with Crippen molar-refractivity contribution >= 4 is 11.9 Å². The van der Waals surface area contributed by atoms with Gasteiger partial charge in [0.1, 0.15) is 0 Å². The Bertz CT molecular complexity index is 363. The van der Waals surface area contributed by atoms with Gasteiger partial charge in [0.2, 0.25) is 5.91 Å². The van der Waals surface area contributed by atoms with Gasteiger partial charge in [-0.15, -0.1) is 0 Å². The van der Waals surface area contributed by atoms with E-state index in [0.717, 1.165) is 44.5 Å². The van der Waals surface area contributed by atoms with Crippen molar-refractivity contribution < 1.29 is 4.79 Å². The average Bonchev–Trinajstić information content (AvgIpc) is 3.13. The molecule has 1 unspecified atom stereocenters. The minimum Gasteiger partial charge on any atom is -0.357 e. The number of likely N-dealkylation sites (tertiary alicyclic amines) is 1. The van der Waals surface area contributed by atoms with Crippen LogP contribution in [-0.2, 0) is 4.79 Å². The summed E-state index contributed by atoms with van der Waals surface area (Å²) in [6, 6.07) is 0.328. The fourth-order valence-electron chi connectivity index (χ4n) is 2.48. The second-order valence-corrected chi connectivity index (χ2v) is 6.23. The van der Waals surface area contributed by atoms with E-state index in [1.54, 1.807) is 0 Å². The second-order valence-electron chi connectivity index (χ2n) is 6.23. The molecule has 0 aromatic rings. The molecule has 2 fully saturated rings. The maximum absolute atomic E-state index is 12.0. The maximum atomic E-state index is 12.0. The van der Waals surface area contributed by atoms with E-state index in [1.165, 1.54) is 12.8 Å². The van der Waals surface area contributed by atoms with Gasteiger partial charge >= 0.3 is 0 Å². The van der Waals surface area contributed by atoms with Gasteiger partial charge in [-0.2, -0.15) is 0 Å². The number of aliphatic imine (C=N–C) groups is 1. The number of nitrogens with zero attached hydrogens (tertiary/aromatic N) is 2. The number of rotatable bonds is 5. The van der Waals surface area contributed by atoms with Crippen molar-refractivity contribution in [2.75, 3.05) is 26.2 Å². The molecular weight excluding hydrogens is 252 g/mol. The summed E-state index contributed by atoms with van der Waals surface area (Å²) in [5.74, 6) is 2.05. The molecule has 1 aliphatic heterocycles. The van der Waals surface area contributed by atoms with E-state index in [0.29, 0.717) is 6.04 Å². The highest BCUT2D eigenvalue weighted by atomic mass is 16.2. The molecule has 1 saturated heterocycles. The Kier molecular flexibility index (Phi) is 5.26. The van der Waals surface area contributed by atoms with Gasteiger partial charge in [0.05, 0.1) is 0 Å². The fraction of sp³-hybridized carbons (Fsp3) is 0.867. The summed E-state index contributed by atoms with van der Waals surface area (Å²) < 4.78 is 0. The van der Waals surface area contributed by atoms with Crippen LogP contribution in [-0.4, -0.2) is 49.0 Å². The van der Waals surface area contributed by atoms with Crippen LogP contribution in [0, 0.1) is 11.8 Å². The largest absolute Gasteiger partial charge is 0.357 e. The number of nitrogens with one attached hydrogen (secondary N) is 2. The van der Waals surface area contributed by atoms with Crippen LogP contribution in [0.1, 0.15) is 40.0 Å². The first-order valence-corrected chi connectivity index (χ1v) is 7.93. The summed E-state index contributed by atoms with van der Waals surface area (Å²) in [5.41, 5.74) is 0. The number of carbonyl (C=O) groups excluding carboxylic acids is 1. The zero-order valence-electron chi connectivity index (χ0n) is 13.0. The van der Waals surface area contributed by atoms with Crippen molar-refractivity contribution in [3.63, 3.8) is 0 Å². The third kappa shape index (κ3) is 4.39. The van der Waals surface area contributed by atoms with E-state index in [9.17, 15) is 4.79 Å². The van der Waals surface area contributed by atoms with E-state index >= 15 is 0 Å². The highest BCUT2D eigenvalue weighted by Crippen LogP contribution is 2.28. The van der Waals surface area contributed by atoms with Gasteiger partial charge in [0, 0.05) is 38.1 Å². The average molecular weight is 280 g/mol. The lowest BCUT2D eigenvalue weighted by molar-refractivity contribution is -0.133. The van der Waals surface area contributed by atoms with Crippen molar-refractivity contribution in [1.82, 2.24) is 15.5 Å². The molecule has 1 amide bonds. The van der Waals surface area contributed by atoms with E-state index in [2.05, 4.69) is 22.5 Å². The van der Waals surface area contributed by atoms with E-state index in [-0.39, 0.29) is 11.8 Å². The molecule has 1 heterocycles. The fourth-order valence-corrected chi connectivity index (χ4v) is 2.48. The number of amides is 1. The van der Waals surface area contributed by atoms with Crippen LogP contribution in [0.15, 0.2) is 4.99 Å². The monoisotopic (exact) mass is 280 g/mol. The van der Waals surface area contributed by atoms with Gasteiger partial charge in [-0.25, -0.2) is 0 Å². The molecule has 1 aliphatic carbocycles. The first kappa shape index (κ1) is 15.1. The van der Waals surface area contributed by atoms with Crippen LogP contribution in [0.25, 0.3) is 0 Å². The Morgan fingerprint density at radius 1 is 1.35 bits per heavy atom. The molecule has 1 saturated carbocycles. The molecule has 2 aliphatic rings. The van der Waals surface area contributed by atoms with Crippen LogP contribution < -0.4 is 10.6 Å². The van der Waals surface area contributed by atoms with Crippen molar-refractivity contribution in [1.29, 1.82) is 0 Å². The SMILES string of the molecule is CCNC(=NCC1CC1)NC1CCN(C(=O)C(C)C)C1. The molecule has 0 aromatic heterocycles. The molecule has 114 valence electrons. The highest BCUT2D eigenvalue weighted by molar-refractivity contribution is 5.81. The molecule has 0 radical (unpaired) electrons. The molecular formula is C15H28N4O. The summed E-state index contributed by atoms with van der Waals surface area (Å²) in [6.07, 6.45) is 3.65. The molecule has 20 heavy (non-hydrogen) atoms. The van der Waals surface area contributed by atoms with Crippen LogP contribution >= 0.6 is 0 Å². The van der Waals surface area contributed by atoms with Crippen molar-refractivity contribution in [2.24, 2.45) is 16.8 Å². The minimum absolute atomic E-state index is 0.0884. The molecule has 0 spiro atoms. The van der Waals surface area contributed by atoms with Crippen LogP contribution in [0.3, 0.4) is 0 Å². The van der Waals surface area contributed by atoms with Crippen LogP contribution in [0.5, 0.6) is 0 Å². The lowest BCUT2D eigenvalue weighted by Gasteiger charge is -2.20. The van der Waals surface area contributed by atoms with Crippen molar-refractivity contribution in [3.05, 3.63) is 0 Å². The third-order valence-electron chi connectivity index (χ3n) is 3.88. The maximum Gasteiger partial charge on any atom is 0.225 e. The Morgan fingerprint density at radius 2 is 2.10 bits per heavy atom. The van der Waals surface area contributed by atoms with Gasteiger partial charge in [0.25, 0.3) is 0 Å². The Balaban J connectivity index is 1.81. The minimum atomic E-state index is 0.0884. The van der Waals surface area contributed by atoms with Gasteiger partial charge in [0.15, 0.2) is 5.96 Å². The highest BCUT2D eigenvalue weighted by Gasteiger charge is 2.28. The Hall–Kier alpha value is -1.26. The number of carbonyl (C=O) groups is 1. The van der Waals surface area contributed by atoms with E-state index in [4.69, 9.17) is 0 Å². The molecule has 0 bridgehead atoms. The number of hydrogen-bond donors (Lipinski definition) is 2. The summed E-state index contributed by atoms with van der Waals surface area (Å²) >= 11 is 0. The van der Waals surface area contributed by atoms with Crippen molar-refractivity contribution in [3.8, 4) is 0 Å². The first-order valence-electron chi connectivity index (χ1n) is 7.93. The summed E-state index contributed by atoms with van der Waals surface area (Å²) in [4.78, 5) is 18.6. The third-order valence-corrected chi connectivity index (χ3v) is 3.88. The summed E-state index contributed by atoms with van der Waals surface area (Å²) in [6.45, 7) is 9.46. The van der Waals surface area contributed by atoms with Gasteiger partial charge in [-0.1, -0.05) is 13.8 Å². The van der Waals surface area contributed by atoms with E-state index < -0.39 is 0 Å². The number of guanidine groups is 1. The predicted molar refractivity (Wildman–Crippen MR) is 81.7 cm³/mol. The quantitative estimate of drug-likeness (QED) is 0.588. The smallest absolute Gasteiger partial charge is 0.225 e. The standard InChI is InChI=1S/C15H28N4O/c1-4-16-15(17-9-12-5-6-12)18-13-7-8-19(10-13)14(20)11(2)3/h11-13H,4-10H2,1-3H3,(H2,16,17,18). The summed E-state index contributed by atoms with van der Waals surface area (Å²) in [7, 11) is 0.